The van der Waals surface area contributed by atoms with Crippen LogP contribution in [0.2, 0.25) is 4.34 Å². The minimum atomic E-state index is -0.773. The zero-order valence-corrected chi connectivity index (χ0v) is 14.4. The maximum Gasteiger partial charge on any atom is 0.292 e. The predicted octanol–water partition coefficient (Wildman–Crippen LogP) is 4.05. The maximum atomic E-state index is 12.1. The van der Waals surface area contributed by atoms with Crippen molar-refractivity contribution in [1.29, 1.82) is 0 Å². The van der Waals surface area contributed by atoms with E-state index in [1.54, 1.807) is 12.1 Å². The van der Waals surface area contributed by atoms with E-state index in [0.29, 0.717) is 14.9 Å². The largest absolute Gasteiger partial charge is 0.319 e. The number of amides is 1. The number of ketones is 2. The van der Waals surface area contributed by atoms with E-state index >= 15 is 0 Å². The van der Waals surface area contributed by atoms with Crippen molar-refractivity contribution in [3.05, 3.63) is 50.7 Å². The highest BCUT2D eigenvalue weighted by atomic mass is 35.5. The molecule has 0 bridgehead atoms. The van der Waals surface area contributed by atoms with Gasteiger partial charge in [0.25, 0.3) is 5.91 Å². The number of thiophene rings is 1. The highest BCUT2D eigenvalue weighted by Gasteiger charge is 2.21. The highest BCUT2D eigenvalue weighted by molar-refractivity contribution is 7.18. The first-order chi connectivity index (χ1) is 10.9. The topological polar surface area (TPSA) is 63.2 Å². The predicted molar refractivity (Wildman–Crippen MR) is 92.5 cm³/mol. The SMILES string of the molecule is CCc1cccc(C)c1NC(=O)C(=O)CC(=O)c1ccc(Cl)s1. The van der Waals surface area contributed by atoms with Crippen molar-refractivity contribution in [2.24, 2.45) is 0 Å². The molecule has 0 unspecified atom stereocenters. The first kappa shape index (κ1) is 17.4. The Morgan fingerprint density at radius 3 is 2.52 bits per heavy atom. The van der Waals surface area contributed by atoms with Crippen LogP contribution in [0.1, 0.15) is 34.1 Å². The van der Waals surface area contributed by atoms with Crippen LogP contribution in [0.5, 0.6) is 0 Å². The van der Waals surface area contributed by atoms with E-state index in [9.17, 15) is 14.4 Å². The summed E-state index contributed by atoms with van der Waals surface area (Å²) in [7, 11) is 0. The molecule has 1 heterocycles. The summed E-state index contributed by atoms with van der Waals surface area (Å²) in [6, 6.07) is 8.79. The molecule has 1 aromatic heterocycles. The standard InChI is InChI=1S/C17H16ClNO3S/c1-3-11-6-4-5-10(2)16(11)19-17(22)13(21)9-12(20)14-7-8-15(18)23-14/h4-8H,3,9H2,1-2H3,(H,19,22). The molecule has 0 radical (unpaired) electrons. The van der Waals surface area contributed by atoms with Crippen molar-refractivity contribution < 1.29 is 14.4 Å². The summed E-state index contributed by atoms with van der Waals surface area (Å²) in [6.07, 6.45) is 0.272. The third-order valence-corrected chi connectivity index (χ3v) is 4.67. The number of rotatable bonds is 6. The summed E-state index contributed by atoms with van der Waals surface area (Å²) in [5, 5.41) is 2.63. The molecule has 2 rings (SSSR count). The Balaban J connectivity index is 2.06. The number of carbonyl (C=O) groups is 3. The Bertz CT molecular complexity index is 767. The van der Waals surface area contributed by atoms with Crippen molar-refractivity contribution in [3.63, 3.8) is 0 Å². The summed E-state index contributed by atoms with van der Waals surface area (Å²) in [4.78, 5) is 36.4. The number of hydrogen-bond donors (Lipinski definition) is 1. The minimum Gasteiger partial charge on any atom is -0.319 e. The van der Waals surface area contributed by atoms with Crippen LogP contribution in [-0.2, 0) is 16.0 Å². The van der Waals surface area contributed by atoms with Crippen LogP contribution < -0.4 is 5.32 Å². The number of para-hydroxylation sites is 1. The Hall–Kier alpha value is -1.98. The van der Waals surface area contributed by atoms with Gasteiger partial charge < -0.3 is 5.32 Å². The summed E-state index contributed by atoms with van der Waals surface area (Å²) >= 11 is 6.86. The van der Waals surface area contributed by atoms with Crippen LogP contribution in [-0.4, -0.2) is 17.5 Å². The van der Waals surface area contributed by atoms with Gasteiger partial charge in [-0.3, -0.25) is 14.4 Å². The fourth-order valence-electron chi connectivity index (χ4n) is 2.16. The molecule has 1 N–H and O–H groups in total. The molecular formula is C17H16ClNO3S. The van der Waals surface area contributed by atoms with Crippen LogP contribution >= 0.6 is 22.9 Å². The van der Waals surface area contributed by atoms with Crippen molar-refractivity contribution >= 4 is 46.1 Å². The highest BCUT2D eigenvalue weighted by Crippen LogP contribution is 2.23. The van der Waals surface area contributed by atoms with E-state index in [2.05, 4.69) is 5.32 Å². The Kier molecular flexibility index (Phi) is 5.69. The van der Waals surface area contributed by atoms with Gasteiger partial charge >= 0.3 is 0 Å². The number of carbonyl (C=O) groups excluding carboxylic acids is 3. The Labute approximate surface area is 143 Å². The van der Waals surface area contributed by atoms with Gasteiger partial charge in [-0.1, -0.05) is 36.7 Å². The molecule has 0 saturated heterocycles. The molecule has 2 aromatic rings. The zero-order chi connectivity index (χ0) is 17.0. The number of hydrogen-bond acceptors (Lipinski definition) is 4. The van der Waals surface area contributed by atoms with Gasteiger partial charge in [0.2, 0.25) is 5.78 Å². The van der Waals surface area contributed by atoms with Crippen molar-refractivity contribution in [3.8, 4) is 0 Å². The molecule has 0 aliphatic carbocycles. The molecule has 0 fully saturated rings. The first-order valence-electron chi connectivity index (χ1n) is 7.13. The van der Waals surface area contributed by atoms with Crippen molar-refractivity contribution in [2.45, 2.75) is 26.7 Å². The lowest BCUT2D eigenvalue weighted by atomic mass is 10.1. The average molecular weight is 350 g/mol. The molecule has 4 nitrogen and oxygen atoms in total. The van der Waals surface area contributed by atoms with E-state index in [-0.39, 0.29) is 0 Å². The minimum absolute atomic E-state index is 0.376. The lowest BCUT2D eigenvalue weighted by Gasteiger charge is -2.12. The molecule has 0 spiro atoms. The smallest absolute Gasteiger partial charge is 0.292 e. The molecular weight excluding hydrogens is 334 g/mol. The molecule has 0 aliphatic heterocycles. The molecule has 0 atom stereocenters. The number of Topliss-reactive ketones (excluding diaryl/α,β-unsaturated/α-hetero) is 2. The average Bonchev–Trinajstić information content (AvgIpc) is 2.95. The van der Waals surface area contributed by atoms with Gasteiger partial charge in [-0.05, 0) is 36.6 Å². The summed E-state index contributed by atoms with van der Waals surface area (Å²) in [5.41, 5.74) is 2.46. The van der Waals surface area contributed by atoms with Crippen molar-refractivity contribution in [1.82, 2.24) is 0 Å². The number of anilines is 1. The Morgan fingerprint density at radius 1 is 1.17 bits per heavy atom. The molecule has 0 aliphatic rings. The van der Waals surface area contributed by atoms with Crippen LogP contribution in [0, 0.1) is 6.92 Å². The summed E-state index contributed by atoms with van der Waals surface area (Å²) in [6.45, 7) is 3.83. The number of benzene rings is 1. The summed E-state index contributed by atoms with van der Waals surface area (Å²) < 4.78 is 0.470. The van der Waals surface area contributed by atoms with Gasteiger partial charge in [-0.15, -0.1) is 11.3 Å². The van der Waals surface area contributed by atoms with Gasteiger partial charge in [-0.25, -0.2) is 0 Å². The van der Waals surface area contributed by atoms with Crippen molar-refractivity contribution in [2.75, 3.05) is 5.32 Å². The molecule has 23 heavy (non-hydrogen) atoms. The normalized spacial score (nSPS) is 10.4. The van der Waals surface area contributed by atoms with Crippen LogP contribution in [0.4, 0.5) is 5.69 Å². The fraction of sp³-hybridized carbons (Fsp3) is 0.235. The number of aryl methyl sites for hydroxylation is 2. The molecule has 6 heteroatoms. The van der Waals surface area contributed by atoms with Gasteiger partial charge in [0.15, 0.2) is 5.78 Å². The summed E-state index contributed by atoms with van der Waals surface area (Å²) in [5.74, 6) is -1.93. The third-order valence-electron chi connectivity index (χ3n) is 3.40. The van der Waals surface area contributed by atoms with E-state index in [1.165, 1.54) is 0 Å². The van der Waals surface area contributed by atoms with E-state index in [4.69, 9.17) is 11.6 Å². The molecule has 1 aromatic carbocycles. The van der Waals surface area contributed by atoms with Gasteiger partial charge in [0.05, 0.1) is 15.6 Å². The second-order valence-electron chi connectivity index (χ2n) is 5.04. The van der Waals surface area contributed by atoms with Gasteiger partial charge in [0.1, 0.15) is 0 Å². The zero-order valence-electron chi connectivity index (χ0n) is 12.8. The van der Waals surface area contributed by atoms with E-state index in [0.717, 1.165) is 28.9 Å². The lowest BCUT2D eigenvalue weighted by molar-refractivity contribution is -0.134. The van der Waals surface area contributed by atoms with E-state index in [1.807, 2.05) is 32.0 Å². The molecule has 1 amide bonds. The Morgan fingerprint density at radius 2 is 1.91 bits per heavy atom. The van der Waals surface area contributed by atoms with Gasteiger partial charge in [0, 0.05) is 5.69 Å². The number of halogens is 1. The van der Waals surface area contributed by atoms with Crippen LogP contribution in [0.15, 0.2) is 30.3 Å². The second-order valence-corrected chi connectivity index (χ2v) is 6.76. The van der Waals surface area contributed by atoms with Crippen LogP contribution in [0.25, 0.3) is 0 Å². The molecule has 120 valence electrons. The fourth-order valence-corrected chi connectivity index (χ4v) is 3.14. The molecule has 0 saturated carbocycles. The third kappa shape index (κ3) is 4.27. The monoisotopic (exact) mass is 349 g/mol. The lowest BCUT2D eigenvalue weighted by Crippen LogP contribution is -2.25. The second kappa shape index (κ2) is 7.53. The van der Waals surface area contributed by atoms with E-state index < -0.39 is 23.9 Å². The first-order valence-corrected chi connectivity index (χ1v) is 8.33. The quantitative estimate of drug-likeness (QED) is 0.486. The van der Waals surface area contributed by atoms with Crippen LogP contribution in [0.3, 0.4) is 0 Å². The maximum absolute atomic E-state index is 12.1. The van der Waals surface area contributed by atoms with Gasteiger partial charge in [-0.2, -0.15) is 0 Å². The number of nitrogens with one attached hydrogen (secondary N) is 1.